The summed E-state index contributed by atoms with van der Waals surface area (Å²) in [7, 11) is 0. The fourth-order valence-electron chi connectivity index (χ4n) is 2.40. The van der Waals surface area contributed by atoms with E-state index in [0.29, 0.717) is 23.6 Å². The summed E-state index contributed by atoms with van der Waals surface area (Å²) in [5, 5.41) is 16.5. The van der Waals surface area contributed by atoms with Crippen LogP contribution in [0.25, 0.3) is 11.1 Å². The van der Waals surface area contributed by atoms with Gasteiger partial charge in [0.05, 0.1) is 11.6 Å². The molecule has 132 valence electrons. The molecule has 25 heavy (non-hydrogen) atoms. The zero-order chi connectivity index (χ0) is 18.2. The summed E-state index contributed by atoms with van der Waals surface area (Å²) in [5.41, 5.74) is 7.92. The molecule has 0 heterocycles. The Hall–Kier alpha value is -2.53. The predicted molar refractivity (Wildman–Crippen MR) is 99.5 cm³/mol. The van der Waals surface area contributed by atoms with Crippen molar-refractivity contribution in [2.75, 3.05) is 6.61 Å². The number of halogens is 1. The first-order valence-electron chi connectivity index (χ1n) is 8.06. The van der Waals surface area contributed by atoms with Gasteiger partial charge in [0.15, 0.2) is 0 Å². The smallest absolute Gasteiger partial charge is 0.303 e. The number of ether oxygens (including phenoxy) is 1. The van der Waals surface area contributed by atoms with Gasteiger partial charge in [-0.3, -0.25) is 10.2 Å². The minimum Gasteiger partial charge on any atom is -0.494 e. The Balaban J connectivity index is 1.88. The number of hydrogen-bond acceptors (Lipinski definition) is 3. The lowest BCUT2D eigenvalue weighted by Crippen LogP contribution is -2.11. The largest absolute Gasteiger partial charge is 0.494 e. The topological polar surface area (TPSA) is 96.4 Å². The quantitative estimate of drug-likeness (QED) is 0.352. The van der Waals surface area contributed by atoms with Crippen molar-refractivity contribution in [2.45, 2.75) is 25.7 Å². The fourth-order valence-corrected chi connectivity index (χ4v) is 2.68. The fraction of sp³-hybridized carbons (Fsp3) is 0.263. The van der Waals surface area contributed by atoms with Crippen molar-refractivity contribution in [3.05, 3.63) is 53.1 Å². The summed E-state index contributed by atoms with van der Waals surface area (Å²) in [6.45, 7) is 0.568. The van der Waals surface area contributed by atoms with Gasteiger partial charge in [-0.15, -0.1) is 0 Å². The van der Waals surface area contributed by atoms with Crippen molar-refractivity contribution in [1.29, 1.82) is 5.41 Å². The van der Waals surface area contributed by atoms with E-state index in [2.05, 4.69) is 0 Å². The number of aliphatic carboxylic acids is 1. The number of hydrogen-bond donors (Lipinski definition) is 3. The van der Waals surface area contributed by atoms with Crippen LogP contribution in [-0.2, 0) is 4.79 Å². The van der Waals surface area contributed by atoms with Crippen LogP contribution < -0.4 is 10.5 Å². The van der Waals surface area contributed by atoms with Crippen LogP contribution in [0, 0.1) is 5.41 Å². The number of nitrogens with two attached hydrogens (primary N) is 1. The van der Waals surface area contributed by atoms with Crippen molar-refractivity contribution in [3.8, 4) is 16.9 Å². The molecule has 0 saturated carbocycles. The van der Waals surface area contributed by atoms with E-state index < -0.39 is 5.97 Å². The van der Waals surface area contributed by atoms with Crippen LogP contribution in [0.4, 0.5) is 0 Å². The molecule has 5 nitrogen and oxygen atoms in total. The first kappa shape index (κ1) is 18.8. The minimum atomic E-state index is -0.757. The van der Waals surface area contributed by atoms with E-state index in [-0.39, 0.29) is 12.3 Å². The Morgan fingerprint density at radius 2 is 1.76 bits per heavy atom. The molecule has 0 amide bonds. The highest BCUT2D eigenvalue weighted by atomic mass is 35.5. The van der Waals surface area contributed by atoms with Crippen LogP contribution in [0.5, 0.6) is 5.75 Å². The number of rotatable bonds is 9. The second-order valence-corrected chi connectivity index (χ2v) is 6.09. The van der Waals surface area contributed by atoms with E-state index in [9.17, 15) is 4.79 Å². The normalized spacial score (nSPS) is 10.4. The van der Waals surface area contributed by atoms with Crippen LogP contribution in [-0.4, -0.2) is 23.5 Å². The molecule has 0 aromatic heterocycles. The number of carboxylic acids is 1. The molecule has 4 N–H and O–H groups in total. The van der Waals surface area contributed by atoms with Gasteiger partial charge in [0.1, 0.15) is 11.6 Å². The lowest BCUT2D eigenvalue weighted by atomic mass is 10.0. The van der Waals surface area contributed by atoms with Crippen LogP contribution in [0.3, 0.4) is 0 Å². The van der Waals surface area contributed by atoms with Gasteiger partial charge < -0.3 is 15.6 Å². The first-order valence-corrected chi connectivity index (χ1v) is 8.44. The van der Waals surface area contributed by atoms with Gasteiger partial charge in [-0.2, -0.15) is 0 Å². The first-order chi connectivity index (χ1) is 12.0. The number of nitrogen functional groups attached to an aromatic ring is 1. The van der Waals surface area contributed by atoms with Crippen molar-refractivity contribution in [3.63, 3.8) is 0 Å². The molecule has 0 spiro atoms. The molecule has 0 aliphatic heterocycles. The van der Waals surface area contributed by atoms with Crippen molar-refractivity contribution >= 4 is 23.4 Å². The third-order valence-corrected chi connectivity index (χ3v) is 4.06. The highest BCUT2D eigenvalue weighted by Gasteiger charge is 2.06. The number of benzene rings is 2. The highest BCUT2D eigenvalue weighted by Crippen LogP contribution is 2.27. The van der Waals surface area contributed by atoms with Gasteiger partial charge in [-0.25, -0.2) is 0 Å². The molecule has 0 atom stereocenters. The number of unbranched alkanes of at least 4 members (excludes halogenated alkanes) is 2. The van der Waals surface area contributed by atoms with Crippen LogP contribution in [0.2, 0.25) is 5.02 Å². The van der Waals surface area contributed by atoms with Crippen molar-refractivity contribution in [2.24, 2.45) is 5.73 Å². The maximum Gasteiger partial charge on any atom is 0.303 e. The van der Waals surface area contributed by atoms with E-state index in [1.165, 1.54) is 0 Å². The summed E-state index contributed by atoms with van der Waals surface area (Å²) in [6.07, 6.45) is 2.55. The van der Waals surface area contributed by atoms with Gasteiger partial charge >= 0.3 is 5.97 Å². The predicted octanol–water partition coefficient (Wildman–Crippen LogP) is 4.31. The lowest BCUT2D eigenvalue weighted by Gasteiger charge is -2.09. The van der Waals surface area contributed by atoms with E-state index in [4.69, 9.17) is 32.6 Å². The van der Waals surface area contributed by atoms with Crippen molar-refractivity contribution < 1.29 is 14.6 Å². The SMILES string of the molecule is N=C(N)c1ccc(-c2ccc(OCCCCCC(=O)O)cc2)cc1Cl. The van der Waals surface area contributed by atoms with Gasteiger partial charge in [-0.05, 0) is 54.7 Å². The molecular formula is C19H21ClN2O3. The summed E-state index contributed by atoms with van der Waals surface area (Å²) >= 11 is 6.15. The Bertz CT molecular complexity index is 745. The molecule has 0 radical (unpaired) electrons. The number of carboxylic acid groups (broad SMARTS) is 1. The summed E-state index contributed by atoms with van der Waals surface area (Å²) < 4.78 is 5.66. The zero-order valence-corrected chi connectivity index (χ0v) is 14.6. The Morgan fingerprint density at radius 1 is 1.08 bits per heavy atom. The Labute approximate surface area is 151 Å². The number of carbonyl (C=O) groups is 1. The molecule has 0 aliphatic rings. The standard InChI is InChI=1S/C19H21ClN2O3/c20-17-12-14(7-10-16(17)19(21)22)13-5-8-15(9-6-13)25-11-3-1-2-4-18(23)24/h5-10,12H,1-4,11H2,(H3,21,22)(H,23,24). The van der Waals surface area contributed by atoms with E-state index in [1.54, 1.807) is 12.1 Å². The number of nitrogens with one attached hydrogen (secondary N) is 1. The molecule has 0 saturated heterocycles. The molecule has 2 rings (SSSR count). The molecule has 0 unspecified atom stereocenters. The van der Waals surface area contributed by atoms with Crippen LogP contribution in [0.1, 0.15) is 31.2 Å². The molecule has 0 aliphatic carbocycles. The summed E-state index contributed by atoms with van der Waals surface area (Å²) in [5.74, 6) is -0.0370. The molecule has 0 fully saturated rings. The second-order valence-electron chi connectivity index (χ2n) is 5.69. The third-order valence-electron chi connectivity index (χ3n) is 3.75. The zero-order valence-electron chi connectivity index (χ0n) is 13.8. The summed E-state index contributed by atoms with van der Waals surface area (Å²) in [6, 6.07) is 13.1. The van der Waals surface area contributed by atoms with Gasteiger partial charge in [-0.1, -0.05) is 29.8 Å². The molecular weight excluding hydrogens is 340 g/mol. The van der Waals surface area contributed by atoms with Crippen molar-refractivity contribution in [1.82, 2.24) is 0 Å². The second kappa shape index (κ2) is 9.08. The monoisotopic (exact) mass is 360 g/mol. The third kappa shape index (κ3) is 5.80. The summed E-state index contributed by atoms with van der Waals surface area (Å²) in [4.78, 5) is 10.4. The average molecular weight is 361 g/mol. The van der Waals surface area contributed by atoms with Gasteiger partial charge in [0.2, 0.25) is 0 Å². The number of amidine groups is 1. The minimum absolute atomic E-state index is 0.0522. The Kier molecular flexibility index (Phi) is 6.83. The van der Waals surface area contributed by atoms with E-state index >= 15 is 0 Å². The average Bonchev–Trinajstić information content (AvgIpc) is 2.58. The molecule has 0 bridgehead atoms. The Morgan fingerprint density at radius 3 is 2.36 bits per heavy atom. The van der Waals surface area contributed by atoms with Crippen LogP contribution >= 0.6 is 11.6 Å². The van der Waals surface area contributed by atoms with Crippen LogP contribution in [0.15, 0.2) is 42.5 Å². The maximum absolute atomic E-state index is 10.4. The molecule has 6 heteroatoms. The van der Waals surface area contributed by atoms with E-state index in [0.717, 1.165) is 29.7 Å². The maximum atomic E-state index is 10.4. The molecule has 2 aromatic rings. The van der Waals surface area contributed by atoms with Gasteiger partial charge in [0.25, 0.3) is 0 Å². The van der Waals surface area contributed by atoms with Gasteiger partial charge in [0, 0.05) is 12.0 Å². The van der Waals surface area contributed by atoms with E-state index in [1.807, 2.05) is 30.3 Å². The highest BCUT2D eigenvalue weighted by molar-refractivity contribution is 6.34. The lowest BCUT2D eigenvalue weighted by molar-refractivity contribution is -0.137. The molecule has 2 aromatic carbocycles.